The molecule has 16 heavy (non-hydrogen) atoms. The molecule has 0 aliphatic carbocycles. The number of hydrogen-bond acceptors (Lipinski definition) is 4. The minimum absolute atomic E-state index is 0.0196. The monoisotopic (exact) mass is 261 g/mol. The Morgan fingerprint density at radius 1 is 1.38 bits per heavy atom. The number of thioether (sulfide) groups is 1. The van der Waals surface area contributed by atoms with Crippen molar-refractivity contribution >= 4 is 27.3 Å². The number of rotatable bonds is 2. The summed E-state index contributed by atoms with van der Waals surface area (Å²) < 4.78 is 35.5. The normalized spacial score (nSPS) is 23.4. The Labute approximate surface area is 98.1 Å². The molecule has 1 atom stereocenters. The van der Waals surface area contributed by atoms with Crippen LogP contribution in [0.25, 0.3) is 0 Å². The summed E-state index contributed by atoms with van der Waals surface area (Å²) in [4.78, 5) is 0.694. The fourth-order valence-electron chi connectivity index (χ4n) is 1.70. The standard InChI is InChI=1S/C10H12FNO2S2/c11-7-3-8(12)5-10(4-7)15-9-1-2-16(13,14)6-9/h3-5,9H,1-2,6,12H2. The van der Waals surface area contributed by atoms with E-state index in [1.165, 1.54) is 23.9 Å². The summed E-state index contributed by atoms with van der Waals surface area (Å²) in [6.07, 6.45) is 0.628. The topological polar surface area (TPSA) is 60.2 Å². The van der Waals surface area contributed by atoms with Crippen molar-refractivity contribution in [2.24, 2.45) is 0 Å². The molecule has 1 saturated heterocycles. The third-order valence-corrected chi connectivity index (χ3v) is 5.61. The molecule has 1 aliphatic rings. The molecule has 1 aromatic rings. The number of sulfone groups is 1. The van der Waals surface area contributed by atoms with Gasteiger partial charge in [-0.3, -0.25) is 0 Å². The second-order valence-electron chi connectivity index (χ2n) is 3.86. The van der Waals surface area contributed by atoms with Gasteiger partial charge in [-0.2, -0.15) is 0 Å². The molecule has 88 valence electrons. The van der Waals surface area contributed by atoms with Crippen molar-refractivity contribution in [2.75, 3.05) is 17.2 Å². The second-order valence-corrected chi connectivity index (χ2v) is 7.47. The molecular formula is C10H12FNO2S2. The van der Waals surface area contributed by atoms with Gasteiger partial charge in [0, 0.05) is 15.8 Å². The SMILES string of the molecule is Nc1cc(F)cc(SC2CCS(=O)(=O)C2)c1. The fourth-order valence-corrected chi connectivity index (χ4v) is 5.29. The molecule has 3 nitrogen and oxygen atoms in total. The second kappa shape index (κ2) is 4.25. The van der Waals surface area contributed by atoms with Gasteiger partial charge in [-0.25, -0.2) is 12.8 Å². The minimum Gasteiger partial charge on any atom is -0.399 e. The molecule has 6 heteroatoms. The Morgan fingerprint density at radius 3 is 2.69 bits per heavy atom. The first-order valence-corrected chi connectivity index (χ1v) is 7.58. The van der Waals surface area contributed by atoms with E-state index in [1.807, 2.05) is 0 Å². The molecule has 1 unspecified atom stereocenters. The lowest BCUT2D eigenvalue weighted by Gasteiger charge is -2.08. The van der Waals surface area contributed by atoms with Crippen LogP contribution in [0, 0.1) is 5.82 Å². The van der Waals surface area contributed by atoms with Crippen LogP contribution in [0.1, 0.15) is 6.42 Å². The van der Waals surface area contributed by atoms with Crippen LogP contribution in [0.5, 0.6) is 0 Å². The molecule has 0 saturated carbocycles. The number of halogens is 1. The third kappa shape index (κ3) is 2.89. The van der Waals surface area contributed by atoms with Gasteiger partial charge < -0.3 is 5.73 Å². The van der Waals surface area contributed by atoms with Crippen molar-refractivity contribution in [3.8, 4) is 0 Å². The highest BCUT2D eigenvalue weighted by atomic mass is 32.2. The molecule has 2 rings (SSSR count). The summed E-state index contributed by atoms with van der Waals surface area (Å²) in [6.45, 7) is 0. The van der Waals surface area contributed by atoms with Crippen molar-refractivity contribution in [3.05, 3.63) is 24.0 Å². The summed E-state index contributed by atoms with van der Waals surface area (Å²) >= 11 is 1.38. The Bertz CT molecular complexity index is 481. The van der Waals surface area contributed by atoms with E-state index in [2.05, 4.69) is 0 Å². The van der Waals surface area contributed by atoms with E-state index < -0.39 is 9.84 Å². The Hall–Kier alpha value is -0.750. The first-order chi connectivity index (χ1) is 7.44. The molecular weight excluding hydrogens is 249 g/mol. The van der Waals surface area contributed by atoms with Crippen LogP contribution in [0.15, 0.2) is 23.1 Å². The van der Waals surface area contributed by atoms with Gasteiger partial charge in [0.15, 0.2) is 9.84 Å². The van der Waals surface area contributed by atoms with Crippen LogP contribution in [0.4, 0.5) is 10.1 Å². The molecule has 0 radical (unpaired) electrons. The van der Waals surface area contributed by atoms with Gasteiger partial charge in [0.25, 0.3) is 0 Å². The summed E-state index contributed by atoms with van der Waals surface area (Å²) in [7, 11) is -2.88. The molecule has 0 amide bonds. The van der Waals surface area contributed by atoms with E-state index >= 15 is 0 Å². The van der Waals surface area contributed by atoms with Crippen LogP contribution < -0.4 is 5.73 Å². The van der Waals surface area contributed by atoms with Crippen molar-refractivity contribution in [1.29, 1.82) is 0 Å². The van der Waals surface area contributed by atoms with Crippen molar-refractivity contribution in [3.63, 3.8) is 0 Å². The lowest BCUT2D eigenvalue weighted by Crippen LogP contribution is -2.06. The summed E-state index contributed by atoms with van der Waals surface area (Å²) in [6, 6.07) is 4.29. The highest BCUT2D eigenvalue weighted by Crippen LogP contribution is 2.32. The van der Waals surface area contributed by atoms with Gasteiger partial charge >= 0.3 is 0 Å². The first-order valence-electron chi connectivity index (χ1n) is 4.88. The van der Waals surface area contributed by atoms with Crippen LogP contribution in [-0.2, 0) is 9.84 Å². The van der Waals surface area contributed by atoms with Gasteiger partial charge in [0.05, 0.1) is 11.5 Å². The van der Waals surface area contributed by atoms with Gasteiger partial charge in [0.1, 0.15) is 5.82 Å². The molecule has 0 bridgehead atoms. The molecule has 1 aliphatic heterocycles. The maximum Gasteiger partial charge on any atom is 0.151 e. The fraction of sp³-hybridized carbons (Fsp3) is 0.400. The Morgan fingerprint density at radius 2 is 2.12 bits per heavy atom. The zero-order valence-corrected chi connectivity index (χ0v) is 10.2. The van der Waals surface area contributed by atoms with E-state index in [0.717, 1.165) is 0 Å². The minimum atomic E-state index is -2.88. The molecule has 1 fully saturated rings. The third-order valence-electron chi connectivity index (χ3n) is 2.39. The lowest BCUT2D eigenvalue weighted by molar-refractivity contribution is 0.602. The average Bonchev–Trinajstić information content (AvgIpc) is 2.43. The smallest absolute Gasteiger partial charge is 0.151 e. The van der Waals surface area contributed by atoms with Crippen LogP contribution >= 0.6 is 11.8 Å². The van der Waals surface area contributed by atoms with Gasteiger partial charge in [-0.15, -0.1) is 11.8 Å². The Balaban J connectivity index is 2.10. The van der Waals surface area contributed by atoms with Gasteiger partial charge in [0.2, 0.25) is 0 Å². The van der Waals surface area contributed by atoms with E-state index in [9.17, 15) is 12.8 Å². The van der Waals surface area contributed by atoms with Crippen LogP contribution in [-0.4, -0.2) is 25.2 Å². The van der Waals surface area contributed by atoms with Crippen molar-refractivity contribution in [2.45, 2.75) is 16.6 Å². The number of anilines is 1. The summed E-state index contributed by atoms with van der Waals surface area (Å²) in [5.74, 6) is 0.0205. The molecule has 0 spiro atoms. The molecule has 0 aromatic heterocycles. The average molecular weight is 261 g/mol. The zero-order valence-electron chi connectivity index (χ0n) is 8.52. The summed E-state index contributed by atoms with van der Waals surface area (Å²) in [5, 5.41) is 0.0196. The van der Waals surface area contributed by atoms with E-state index in [-0.39, 0.29) is 22.6 Å². The maximum atomic E-state index is 13.0. The highest BCUT2D eigenvalue weighted by molar-refractivity contribution is 8.01. The predicted molar refractivity (Wildman–Crippen MR) is 63.7 cm³/mol. The molecule has 1 heterocycles. The van der Waals surface area contributed by atoms with Crippen LogP contribution in [0.3, 0.4) is 0 Å². The maximum absolute atomic E-state index is 13.0. The van der Waals surface area contributed by atoms with Gasteiger partial charge in [-0.1, -0.05) is 0 Å². The molecule has 1 aromatic carbocycles. The largest absolute Gasteiger partial charge is 0.399 e. The quantitative estimate of drug-likeness (QED) is 0.823. The van der Waals surface area contributed by atoms with Crippen molar-refractivity contribution < 1.29 is 12.8 Å². The predicted octanol–water partition coefficient (Wildman–Crippen LogP) is 1.69. The Kier molecular flexibility index (Phi) is 3.12. The van der Waals surface area contributed by atoms with Crippen molar-refractivity contribution in [1.82, 2.24) is 0 Å². The number of hydrogen-bond donors (Lipinski definition) is 1. The summed E-state index contributed by atoms with van der Waals surface area (Å²) in [5.41, 5.74) is 5.88. The van der Waals surface area contributed by atoms with Crippen LogP contribution in [0.2, 0.25) is 0 Å². The van der Waals surface area contributed by atoms with E-state index in [0.29, 0.717) is 17.0 Å². The van der Waals surface area contributed by atoms with E-state index in [1.54, 1.807) is 6.07 Å². The number of benzene rings is 1. The van der Waals surface area contributed by atoms with E-state index in [4.69, 9.17) is 5.73 Å². The van der Waals surface area contributed by atoms with Gasteiger partial charge in [-0.05, 0) is 24.6 Å². The highest BCUT2D eigenvalue weighted by Gasteiger charge is 2.28. The first kappa shape index (κ1) is 11.7. The number of nitrogen functional groups attached to an aromatic ring is 1. The zero-order chi connectivity index (χ0) is 11.8. The lowest BCUT2D eigenvalue weighted by atomic mass is 10.3. The molecule has 2 N–H and O–H groups in total. The number of nitrogens with two attached hydrogens (primary N) is 1.